The average Bonchev–Trinajstić information content (AvgIpc) is 2.73. The fraction of sp³-hybridized carbons (Fsp3) is 0.364. The molecule has 6 nitrogen and oxygen atoms in total. The van der Waals surface area contributed by atoms with Gasteiger partial charge >= 0.3 is 0 Å². The maximum Gasteiger partial charge on any atom is 0.164 e. The second-order valence-corrected chi connectivity index (χ2v) is 3.69. The van der Waals surface area contributed by atoms with Crippen LogP contribution >= 0.6 is 0 Å². The van der Waals surface area contributed by atoms with E-state index in [-0.39, 0.29) is 0 Å². The first-order valence-electron chi connectivity index (χ1n) is 5.33. The van der Waals surface area contributed by atoms with Crippen LogP contribution in [-0.4, -0.2) is 19.7 Å². The van der Waals surface area contributed by atoms with Gasteiger partial charge in [-0.15, -0.1) is 0 Å². The zero-order chi connectivity index (χ0) is 12.3. The van der Waals surface area contributed by atoms with Crippen molar-refractivity contribution in [3.63, 3.8) is 0 Å². The van der Waals surface area contributed by atoms with E-state index in [9.17, 15) is 0 Å². The predicted octanol–water partition coefficient (Wildman–Crippen LogP) is 0.556. The molecule has 2 aromatic heterocycles. The third-order valence-electron chi connectivity index (χ3n) is 2.43. The summed E-state index contributed by atoms with van der Waals surface area (Å²) in [4.78, 5) is 8.40. The maximum absolute atomic E-state index is 5.64. The van der Waals surface area contributed by atoms with E-state index >= 15 is 0 Å². The number of aromatic nitrogens is 4. The number of hydrogen-bond acceptors (Lipinski definition) is 5. The Morgan fingerprint density at radius 3 is 2.88 bits per heavy atom. The van der Waals surface area contributed by atoms with Crippen molar-refractivity contribution in [1.29, 1.82) is 0 Å². The molecule has 0 aliphatic carbocycles. The van der Waals surface area contributed by atoms with Crippen LogP contribution in [0.1, 0.15) is 17.2 Å². The van der Waals surface area contributed by atoms with E-state index < -0.39 is 0 Å². The molecule has 0 unspecified atom stereocenters. The molecule has 0 aromatic carbocycles. The minimum atomic E-state index is 0.355. The minimum Gasteiger partial charge on any atom is -0.484 e. The third kappa shape index (κ3) is 2.59. The highest BCUT2D eigenvalue weighted by molar-refractivity contribution is 5.29. The van der Waals surface area contributed by atoms with Gasteiger partial charge in [0.05, 0.1) is 5.69 Å². The molecule has 0 aliphatic rings. The average molecular weight is 233 g/mol. The van der Waals surface area contributed by atoms with Crippen LogP contribution < -0.4 is 10.5 Å². The van der Waals surface area contributed by atoms with Crippen molar-refractivity contribution < 1.29 is 4.74 Å². The molecule has 0 spiro atoms. The van der Waals surface area contributed by atoms with Gasteiger partial charge in [0.15, 0.2) is 5.82 Å². The first kappa shape index (κ1) is 11.5. The number of rotatable bonds is 4. The van der Waals surface area contributed by atoms with E-state index in [4.69, 9.17) is 10.5 Å². The fourth-order valence-corrected chi connectivity index (χ4v) is 1.47. The summed E-state index contributed by atoms with van der Waals surface area (Å²) in [6.07, 6.45) is 1.50. The zero-order valence-corrected chi connectivity index (χ0v) is 9.92. The van der Waals surface area contributed by atoms with Crippen molar-refractivity contribution >= 4 is 0 Å². The van der Waals surface area contributed by atoms with Crippen LogP contribution in [0.2, 0.25) is 0 Å². The van der Waals surface area contributed by atoms with Gasteiger partial charge in [0.1, 0.15) is 18.7 Å². The zero-order valence-electron chi connectivity index (χ0n) is 9.92. The molecule has 2 aromatic rings. The molecule has 0 saturated heterocycles. The molecule has 0 amide bonds. The highest BCUT2D eigenvalue weighted by Crippen LogP contribution is 2.17. The van der Waals surface area contributed by atoms with E-state index in [0.29, 0.717) is 18.9 Å². The number of pyridine rings is 1. The van der Waals surface area contributed by atoms with E-state index in [2.05, 4.69) is 15.1 Å². The fourth-order valence-electron chi connectivity index (χ4n) is 1.47. The summed E-state index contributed by atoms with van der Waals surface area (Å²) in [7, 11) is 1.82. The Morgan fingerprint density at radius 1 is 1.41 bits per heavy atom. The molecule has 2 N–H and O–H groups in total. The second-order valence-electron chi connectivity index (χ2n) is 3.69. The number of nitrogens with two attached hydrogens (primary N) is 1. The molecule has 2 heterocycles. The lowest BCUT2D eigenvalue weighted by Crippen LogP contribution is -2.08. The van der Waals surface area contributed by atoms with Gasteiger partial charge in [-0.3, -0.25) is 9.67 Å². The van der Waals surface area contributed by atoms with Crippen LogP contribution in [0.4, 0.5) is 0 Å². The van der Waals surface area contributed by atoms with Crippen LogP contribution in [0, 0.1) is 6.92 Å². The van der Waals surface area contributed by atoms with Gasteiger partial charge in [-0.2, -0.15) is 5.10 Å². The summed E-state index contributed by atoms with van der Waals surface area (Å²) in [6, 6.07) is 3.77. The van der Waals surface area contributed by atoms with Crippen LogP contribution in [0.25, 0.3) is 0 Å². The molecule has 0 radical (unpaired) electrons. The van der Waals surface area contributed by atoms with Gasteiger partial charge in [0, 0.05) is 19.3 Å². The predicted molar refractivity (Wildman–Crippen MR) is 62.2 cm³/mol. The monoisotopic (exact) mass is 233 g/mol. The van der Waals surface area contributed by atoms with Crippen molar-refractivity contribution in [2.45, 2.75) is 20.1 Å². The van der Waals surface area contributed by atoms with E-state index in [1.165, 1.54) is 6.33 Å². The summed E-state index contributed by atoms with van der Waals surface area (Å²) in [6.45, 7) is 2.63. The van der Waals surface area contributed by atoms with Crippen molar-refractivity contribution in [1.82, 2.24) is 19.7 Å². The maximum atomic E-state index is 5.64. The molecule has 0 aliphatic heterocycles. The summed E-state index contributed by atoms with van der Waals surface area (Å²) >= 11 is 0. The summed E-state index contributed by atoms with van der Waals surface area (Å²) in [5.41, 5.74) is 7.31. The SMILES string of the molecule is Cc1ccc(OCc2ncnn2C)c(CN)n1. The standard InChI is InChI=1S/C11H15N5O/c1-8-3-4-10(9(5-12)15-8)17-6-11-13-7-14-16(11)2/h3-4,7H,5-6,12H2,1-2H3. The molecule has 0 bridgehead atoms. The molecular formula is C11H15N5O. The molecule has 0 atom stereocenters. The van der Waals surface area contributed by atoms with Gasteiger partial charge in [0.2, 0.25) is 0 Å². The summed E-state index contributed by atoms with van der Waals surface area (Å²) in [5.74, 6) is 1.45. The van der Waals surface area contributed by atoms with Crippen molar-refractivity contribution in [2.75, 3.05) is 0 Å². The van der Waals surface area contributed by atoms with Crippen molar-refractivity contribution in [3.05, 3.63) is 35.7 Å². The number of nitrogens with zero attached hydrogens (tertiary/aromatic N) is 4. The largest absolute Gasteiger partial charge is 0.484 e. The summed E-state index contributed by atoms with van der Waals surface area (Å²) < 4.78 is 7.31. The quantitative estimate of drug-likeness (QED) is 0.834. The smallest absolute Gasteiger partial charge is 0.164 e. The van der Waals surface area contributed by atoms with Gasteiger partial charge < -0.3 is 10.5 Å². The van der Waals surface area contributed by atoms with Crippen LogP contribution in [-0.2, 0) is 20.2 Å². The van der Waals surface area contributed by atoms with E-state index in [0.717, 1.165) is 17.2 Å². The number of hydrogen-bond donors (Lipinski definition) is 1. The van der Waals surface area contributed by atoms with Gasteiger partial charge in [0.25, 0.3) is 0 Å². The van der Waals surface area contributed by atoms with E-state index in [1.807, 2.05) is 26.1 Å². The van der Waals surface area contributed by atoms with Gasteiger partial charge in [-0.25, -0.2) is 4.98 Å². The number of ether oxygens (including phenoxy) is 1. The lowest BCUT2D eigenvalue weighted by atomic mass is 10.3. The first-order chi connectivity index (χ1) is 8.20. The van der Waals surface area contributed by atoms with E-state index in [1.54, 1.807) is 4.68 Å². The Labute approximate surface area is 99.4 Å². The van der Waals surface area contributed by atoms with Gasteiger partial charge in [-0.1, -0.05) is 0 Å². The Hall–Kier alpha value is -1.95. The van der Waals surface area contributed by atoms with Crippen molar-refractivity contribution in [2.24, 2.45) is 12.8 Å². The molecule has 2 rings (SSSR count). The van der Waals surface area contributed by atoms with Crippen LogP contribution in [0.15, 0.2) is 18.5 Å². The Bertz CT molecular complexity index is 508. The van der Waals surface area contributed by atoms with Crippen LogP contribution in [0.3, 0.4) is 0 Å². The molecule has 17 heavy (non-hydrogen) atoms. The van der Waals surface area contributed by atoms with Crippen LogP contribution in [0.5, 0.6) is 5.75 Å². The number of aryl methyl sites for hydroxylation is 2. The third-order valence-corrected chi connectivity index (χ3v) is 2.43. The Balaban J connectivity index is 2.11. The highest BCUT2D eigenvalue weighted by Gasteiger charge is 2.06. The Morgan fingerprint density at radius 2 is 2.24 bits per heavy atom. The summed E-state index contributed by atoms with van der Waals surface area (Å²) in [5, 5.41) is 3.97. The van der Waals surface area contributed by atoms with Gasteiger partial charge in [-0.05, 0) is 19.1 Å². The molecule has 6 heteroatoms. The molecule has 0 fully saturated rings. The van der Waals surface area contributed by atoms with Crippen molar-refractivity contribution in [3.8, 4) is 5.75 Å². The second kappa shape index (κ2) is 4.92. The molecule has 90 valence electrons. The minimum absolute atomic E-state index is 0.355. The first-order valence-corrected chi connectivity index (χ1v) is 5.33. The topological polar surface area (TPSA) is 78.9 Å². The normalized spacial score (nSPS) is 10.5. The lowest BCUT2D eigenvalue weighted by molar-refractivity contribution is 0.285. The Kier molecular flexibility index (Phi) is 3.34. The molecule has 0 saturated carbocycles. The lowest BCUT2D eigenvalue weighted by Gasteiger charge is -2.09. The molecular weight excluding hydrogens is 218 g/mol. The highest BCUT2D eigenvalue weighted by atomic mass is 16.5.